The molecule has 5 aromatic rings. The van der Waals surface area contributed by atoms with Gasteiger partial charge in [-0.1, -0.05) is 63.6 Å². The summed E-state index contributed by atoms with van der Waals surface area (Å²) < 4.78 is 67.2. The summed E-state index contributed by atoms with van der Waals surface area (Å²) in [4.78, 5) is 34.0. The second-order valence-corrected chi connectivity index (χ2v) is 19.0. The van der Waals surface area contributed by atoms with Crippen molar-refractivity contribution in [1.82, 2.24) is 15.3 Å². The summed E-state index contributed by atoms with van der Waals surface area (Å²) >= 11 is 9.63. The van der Waals surface area contributed by atoms with Gasteiger partial charge in [-0.15, -0.1) is 0 Å². The number of nitrogens with zero attached hydrogens (tertiary/aromatic N) is 3. The standard InChI is InChI=1S/C45H47BrClFN8O8S/c1-43(2)41(64-32-18-13-29(26-49)34(47)25-32)44(3,4)45(43,55-40(58)28-9-6-5-7-10-28)63-22-21-61-19-20-62-23-24-65(59,60)56-31-16-14-30(15-17-31)52-42-51-27-33(46)39(54-42)53-36-12-8-11-35(48)37(36)38(50)57/h5-18,25,27,41,56H,19-24H2,1-4H3,(H2,50,57)(H,55,58)(H2,51,52,53,54). The number of aromatic nitrogens is 2. The zero-order valence-corrected chi connectivity index (χ0v) is 38.9. The predicted molar refractivity (Wildman–Crippen MR) is 247 cm³/mol. The number of carbonyl (C=O) groups is 2. The summed E-state index contributed by atoms with van der Waals surface area (Å²) in [5, 5.41) is 18.6. The van der Waals surface area contributed by atoms with E-state index in [4.69, 9.17) is 36.3 Å². The van der Waals surface area contributed by atoms with Gasteiger partial charge in [0.15, 0.2) is 5.72 Å². The summed E-state index contributed by atoms with van der Waals surface area (Å²) in [6.07, 6.45) is 1.01. The van der Waals surface area contributed by atoms with Crippen LogP contribution in [0.5, 0.6) is 5.75 Å². The molecule has 1 saturated carbocycles. The van der Waals surface area contributed by atoms with Crippen LogP contribution in [0.1, 0.15) is 54.0 Å². The Morgan fingerprint density at radius 3 is 2.22 bits per heavy atom. The highest BCUT2D eigenvalue weighted by Crippen LogP contribution is 2.63. The van der Waals surface area contributed by atoms with Crippen molar-refractivity contribution in [3.63, 3.8) is 0 Å². The molecule has 0 unspecified atom stereocenters. The lowest BCUT2D eigenvalue weighted by Gasteiger charge is -2.69. The molecule has 16 nitrogen and oxygen atoms in total. The molecule has 1 fully saturated rings. The molecule has 0 spiro atoms. The molecule has 1 aliphatic rings. The number of halogens is 3. The second kappa shape index (κ2) is 20.5. The van der Waals surface area contributed by atoms with E-state index in [0.29, 0.717) is 32.7 Å². The molecule has 0 bridgehead atoms. The Kier molecular flexibility index (Phi) is 15.3. The molecule has 2 amide bonds. The van der Waals surface area contributed by atoms with Gasteiger partial charge in [0.1, 0.15) is 29.6 Å². The highest BCUT2D eigenvalue weighted by Gasteiger charge is 2.76. The van der Waals surface area contributed by atoms with Crippen molar-refractivity contribution in [3.05, 3.63) is 129 Å². The van der Waals surface area contributed by atoms with Crippen molar-refractivity contribution in [1.29, 1.82) is 5.26 Å². The van der Waals surface area contributed by atoms with Crippen LogP contribution in [0.4, 0.5) is 33.2 Å². The van der Waals surface area contributed by atoms with Crippen molar-refractivity contribution in [3.8, 4) is 11.8 Å². The van der Waals surface area contributed by atoms with Crippen LogP contribution in [0.3, 0.4) is 0 Å². The van der Waals surface area contributed by atoms with Crippen LogP contribution >= 0.6 is 27.5 Å². The second-order valence-electron chi connectivity index (χ2n) is 15.9. The number of nitriles is 1. The van der Waals surface area contributed by atoms with Crippen LogP contribution in [-0.4, -0.2) is 80.8 Å². The van der Waals surface area contributed by atoms with Crippen molar-refractivity contribution < 1.29 is 41.3 Å². The molecule has 0 aliphatic heterocycles. The number of rotatable bonds is 21. The third-order valence-corrected chi connectivity index (χ3v) is 13.0. The van der Waals surface area contributed by atoms with Crippen molar-refractivity contribution in [2.24, 2.45) is 16.6 Å². The van der Waals surface area contributed by atoms with E-state index in [-0.39, 0.29) is 72.7 Å². The molecular formula is C45H47BrClFN8O8S. The molecule has 6 N–H and O–H groups in total. The zero-order chi connectivity index (χ0) is 47.0. The molecule has 20 heteroatoms. The Bertz CT molecular complexity index is 2660. The number of benzene rings is 4. The Morgan fingerprint density at radius 2 is 1.55 bits per heavy atom. The third-order valence-electron chi connectivity index (χ3n) is 10.9. The number of sulfonamides is 1. The molecular weight excluding hydrogens is 947 g/mol. The average Bonchev–Trinajstić information content (AvgIpc) is 3.26. The number of nitrogens with one attached hydrogen (secondary N) is 4. The van der Waals surface area contributed by atoms with Crippen molar-refractivity contribution >= 4 is 78.2 Å². The minimum Gasteiger partial charge on any atom is -0.489 e. The first-order valence-corrected chi connectivity index (χ1v) is 23.0. The van der Waals surface area contributed by atoms with Gasteiger partial charge in [-0.2, -0.15) is 10.2 Å². The fourth-order valence-electron chi connectivity index (χ4n) is 7.91. The van der Waals surface area contributed by atoms with Gasteiger partial charge in [0.25, 0.3) is 11.8 Å². The number of hydrogen-bond acceptors (Lipinski definition) is 13. The van der Waals surface area contributed by atoms with Gasteiger partial charge in [-0.25, -0.2) is 17.8 Å². The number of carbonyl (C=O) groups excluding carboxylic acids is 2. The number of ether oxygens (including phenoxy) is 4. The van der Waals surface area contributed by atoms with E-state index < -0.39 is 44.4 Å². The van der Waals surface area contributed by atoms with Crippen LogP contribution in [-0.2, 0) is 24.2 Å². The molecule has 1 aromatic heterocycles. The number of anilines is 5. The smallest absolute Gasteiger partial charge is 0.253 e. The first-order chi connectivity index (χ1) is 30.9. The summed E-state index contributed by atoms with van der Waals surface area (Å²) in [6, 6.07) is 26.1. The lowest BCUT2D eigenvalue weighted by molar-refractivity contribution is -0.340. The minimum absolute atomic E-state index is 0.0918. The number of hydrogen-bond donors (Lipinski definition) is 5. The first kappa shape index (κ1) is 48.6. The Hall–Kier alpha value is -5.88. The largest absolute Gasteiger partial charge is 0.489 e. The maximum Gasteiger partial charge on any atom is 0.253 e. The highest BCUT2D eigenvalue weighted by molar-refractivity contribution is 9.10. The first-order valence-electron chi connectivity index (χ1n) is 20.2. The molecule has 1 aliphatic carbocycles. The van der Waals surface area contributed by atoms with Crippen LogP contribution in [0, 0.1) is 28.0 Å². The molecule has 0 atom stereocenters. The SMILES string of the molecule is CC1(C)C(Oc2ccc(C#N)c(Cl)c2)C(C)(C)C1(NC(=O)c1ccccc1)OCCOCCOCCS(=O)(=O)Nc1ccc(Nc2ncc(Br)c(Nc3cccc(F)c3C(N)=O)n2)cc1. The van der Waals surface area contributed by atoms with Crippen LogP contribution in [0.2, 0.25) is 5.02 Å². The Balaban J connectivity index is 0.953. The van der Waals surface area contributed by atoms with Gasteiger partial charge in [-0.05, 0) is 76.6 Å². The van der Waals surface area contributed by atoms with E-state index in [2.05, 4.69) is 46.6 Å². The maximum atomic E-state index is 14.3. The summed E-state index contributed by atoms with van der Waals surface area (Å²) in [5.41, 5.74) is 4.07. The van der Waals surface area contributed by atoms with Crippen molar-refractivity contribution in [2.45, 2.75) is 39.5 Å². The number of primary amides is 1. The maximum absolute atomic E-state index is 14.3. The van der Waals surface area contributed by atoms with Gasteiger partial charge in [0.2, 0.25) is 16.0 Å². The third kappa shape index (κ3) is 11.2. The summed E-state index contributed by atoms with van der Waals surface area (Å²) in [5.74, 6) is -1.49. The molecule has 342 valence electrons. The van der Waals surface area contributed by atoms with Gasteiger partial charge >= 0.3 is 0 Å². The Labute approximate surface area is 389 Å². The van der Waals surface area contributed by atoms with Crippen LogP contribution in [0.25, 0.3) is 0 Å². The minimum atomic E-state index is -3.77. The normalized spacial score (nSPS) is 17.2. The quantitative estimate of drug-likeness (QED) is 0.0348. The average molecular weight is 994 g/mol. The molecule has 0 saturated heterocycles. The van der Waals surface area contributed by atoms with Crippen LogP contribution in [0.15, 0.2) is 102 Å². The summed E-state index contributed by atoms with van der Waals surface area (Å²) in [6.45, 7) is 8.23. The highest BCUT2D eigenvalue weighted by atomic mass is 79.9. The van der Waals surface area contributed by atoms with E-state index in [1.54, 1.807) is 66.7 Å². The lowest BCUT2D eigenvalue weighted by atomic mass is 9.46. The number of nitrogens with two attached hydrogens (primary N) is 1. The van der Waals surface area contributed by atoms with E-state index in [1.807, 2.05) is 39.8 Å². The molecule has 0 radical (unpaired) electrons. The molecule has 1 heterocycles. The molecule has 65 heavy (non-hydrogen) atoms. The summed E-state index contributed by atoms with van der Waals surface area (Å²) in [7, 11) is -3.77. The number of amides is 2. The zero-order valence-electron chi connectivity index (χ0n) is 35.8. The van der Waals surface area contributed by atoms with Gasteiger partial charge in [-0.3, -0.25) is 14.3 Å². The van der Waals surface area contributed by atoms with E-state index in [9.17, 15) is 27.7 Å². The predicted octanol–water partition coefficient (Wildman–Crippen LogP) is 7.92. The van der Waals surface area contributed by atoms with Crippen molar-refractivity contribution in [2.75, 3.05) is 54.1 Å². The molecule has 4 aromatic carbocycles. The fourth-order valence-corrected chi connectivity index (χ4v) is 9.35. The van der Waals surface area contributed by atoms with Crippen LogP contribution < -0.4 is 31.1 Å². The van der Waals surface area contributed by atoms with Gasteiger partial charge in [0.05, 0.1) is 75.9 Å². The topological polar surface area (TPSA) is 229 Å². The van der Waals surface area contributed by atoms with E-state index in [0.717, 1.165) is 6.07 Å². The molecule has 6 rings (SSSR count). The van der Waals surface area contributed by atoms with E-state index in [1.165, 1.54) is 18.3 Å². The monoisotopic (exact) mass is 992 g/mol. The Morgan fingerprint density at radius 1 is 0.892 bits per heavy atom. The lowest BCUT2D eigenvalue weighted by Crippen LogP contribution is -2.84. The fraction of sp³-hybridized carbons (Fsp3) is 0.311. The van der Waals surface area contributed by atoms with Gasteiger partial charge in [0, 0.05) is 29.2 Å². The van der Waals surface area contributed by atoms with E-state index >= 15 is 0 Å². The van der Waals surface area contributed by atoms with Gasteiger partial charge < -0.3 is 40.6 Å².